The van der Waals surface area contributed by atoms with E-state index in [2.05, 4.69) is 5.32 Å². The van der Waals surface area contributed by atoms with Crippen LogP contribution in [0.1, 0.15) is 11.9 Å². The predicted molar refractivity (Wildman–Crippen MR) is 63.6 cm³/mol. The molecule has 0 bridgehead atoms. The summed E-state index contributed by atoms with van der Waals surface area (Å²) in [5, 5.41) is 12.7. The van der Waals surface area contributed by atoms with Crippen LogP contribution in [0, 0.1) is 5.82 Å². The van der Waals surface area contributed by atoms with E-state index in [1.165, 1.54) is 18.4 Å². The van der Waals surface area contributed by atoms with Crippen LogP contribution in [-0.4, -0.2) is 11.7 Å². The Morgan fingerprint density at radius 3 is 2.88 bits per heavy atom. The van der Waals surface area contributed by atoms with Gasteiger partial charge in [-0.3, -0.25) is 0 Å². The molecule has 0 spiro atoms. The first kappa shape index (κ1) is 12.0. The third kappa shape index (κ3) is 2.99. The van der Waals surface area contributed by atoms with Crippen molar-refractivity contribution >= 4 is 17.3 Å². The topological polar surface area (TPSA) is 45.4 Å². The molecule has 2 N–H and O–H groups in total. The van der Waals surface area contributed by atoms with Crippen LogP contribution in [0.3, 0.4) is 0 Å². The molecule has 0 saturated carbocycles. The molecular weight excluding hydrogens is 245 g/mol. The summed E-state index contributed by atoms with van der Waals surface area (Å²) in [7, 11) is 0. The molecule has 1 aromatic heterocycles. The van der Waals surface area contributed by atoms with Crippen LogP contribution < -0.4 is 5.32 Å². The average Bonchev–Trinajstić information content (AvgIpc) is 2.84. The molecule has 3 nitrogen and oxygen atoms in total. The summed E-state index contributed by atoms with van der Waals surface area (Å²) < 4.78 is 17.9. The number of hydrogen-bond acceptors (Lipinski definition) is 3. The smallest absolute Gasteiger partial charge is 0.141 e. The van der Waals surface area contributed by atoms with Gasteiger partial charge in [0.2, 0.25) is 0 Å². The second-order valence-corrected chi connectivity index (χ2v) is 3.95. The Morgan fingerprint density at radius 2 is 2.24 bits per heavy atom. The normalized spacial score (nSPS) is 12.4. The standard InChI is InChI=1S/C12H11ClFNO2/c13-9-6-8(3-4-10(9)14)15-7-11(16)12-2-1-5-17-12/h1-6,11,15-16H,7H2. The second-order valence-electron chi connectivity index (χ2n) is 3.54. The zero-order valence-electron chi connectivity index (χ0n) is 8.86. The highest BCUT2D eigenvalue weighted by Crippen LogP contribution is 2.20. The molecule has 5 heteroatoms. The van der Waals surface area contributed by atoms with Crippen molar-refractivity contribution in [2.45, 2.75) is 6.10 Å². The van der Waals surface area contributed by atoms with Gasteiger partial charge in [-0.1, -0.05) is 11.6 Å². The fraction of sp³-hybridized carbons (Fsp3) is 0.167. The second kappa shape index (κ2) is 5.21. The molecule has 1 heterocycles. The van der Waals surface area contributed by atoms with Gasteiger partial charge in [0.25, 0.3) is 0 Å². The predicted octanol–water partition coefficient (Wildman–Crippen LogP) is 3.22. The van der Waals surface area contributed by atoms with Crippen molar-refractivity contribution in [3.05, 3.63) is 53.2 Å². The molecule has 2 aromatic rings. The van der Waals surface area contributed by atoms with E-state index < -0.39 is 11.9 Å². The first-order chi connectivity index (χ1) is 8.16. The molecule has 0 radical (unpaired) electrons. The molecule has 0 aliphatic carbocycles. The van der Waals surface area contributed by atoms with Crippen LogP contribution in [0.25, 0.3) is 0 Å². The van der Waals surface area contributed by atoms with Gasteiger partial charge in [0.15, 0.2) is 0 Å². The fourth-order valence-electron chi connectivity index (χ4n) is 1.40. The van der Waals surface area contributed by atoms with Gasteiger partial charge in [0, 0.05) is 12.2 Å². The van der Waals surface area contributed by atoms with Crippen molar-refractivity contribution in [3.8, 4) is 0 Å². The molecule has 90 valence electrons. The molecule has 1 atom stereocenters. The lowest BCUT2D eigenvalue weighted by molar-refractivity contribution is 0.162. The molecule has 1 aromatic carbocycles. The lowest BCUT2D eigenvalue weighted by Crippen LogP contribution is -2.11. The molecule has 17 heavy (non-hydrogen) atoms. The molecule has 0 aliphatic rings. The highest BCUT2D eigenvalue weighted by atomic mass is 35.5. The van der Waals surface area contributed by atoms with E-state index in [1.807, 2.05) is 0 Å². The van der Waals surface area contributed by atoms with Crippen LogP contribution in [0.15, 0.2) is 41.0 Å². The monoisotopic (exact) mass is 255 g/mol. The van der Waals surface area contributed by atoms with Crippen LogP contribution >= 0.6 is 11.6 Å². The van der Waals surface area contributed by atoms with E-state index in [4.69, 9.17) is 16.0 Å². The Balaban J connectivity index is 1.96. The van der Waals surface area contributed by atoms with Gasteiger partial charge in [-0.15, -0.1) is 0 Å². The Labute approximate surface area is 103 Å². The van der Waals surface area contributed by atoms with E-state index in [1.54, 1.807) is 18.2 Å². The number of benzene rings is 1. The molecule has 0 aliphatic heterocycles. The van der Waals surface area contributed by atoms with E-state index in [0.29, 0.717) is 11.4 Å². The minimum Gasteiger partial charge on any atom is -0.467 e. The lowest BCUT2D eigenvalue weighted by Gasteiger charge is -2.10. The lowest BCUT2D eigenvalue weighted by atomic mass is 10.2. The van der Waals surface area contributed by atoms with Crippen LogP contribution in [0.5, 0.6) is 0 Å². The summed E-state index contributed by atoms with van der Waals surface area (Å²) in [5.74, 6) is 0.00880. The van der Waals surface area contributed by atoms with E-state index >= 15 is 0 Å². The number of furan rings is 1. The van der Waals surface area contributed by atoms with Crippen molar-refractivity contribution in [3.63, 3.8) is 0 Å². The molecular formula is C12H11ClFNO2. The zero-order valence-corrected chi connectivity index (χ0v) is 9.62. The van der Waals surface area contributed by atoms with Crippen molar-refractivity contribution in [2.24, 2.45) is 0 Å². The largest absolute Gasteiger partial charge is 0.467 e. The number of nitrogens with one attached hydrogen (secondary N) is 1. The van der Waals surface area contributed by atoms with Gasteiger partial charge < -0.3 is 14.8 Å². The number of aliphatic hydroxyl groups excluding tert-OH is 1. The van der Waals surface area contributed by atoms with Crippen molar-refractivity contribution in [2.75, 3.05) is 11.9 Å². The number of halogens is 2. The average molecular weight is 256 g/mol. The van der Waals surface area contributed by atoms with Gasteiger partial charge in [-0.25, -0.2) is 4.39 Å². The van der Waals surface area contributed by atoms with E-state index in [-0.39, 0.29) is 11.6 Å². The number of aliphatic hydroxyl groups is 1. The van der Waals surface area contributed by atoms with Crippen LogP contribution in [-0.2, 0) is 0 Å². The Morgan fingerprint density at radius 1 is 1.41 bits per heavy atom. The van der Waals surface area contributed by atoms with Gasteiger partial charge >= 0.3 is 0 Å². The molecule has 0 fully saturated rings. The quantitative estimate of drug-likeness (QED) is 0.882. The summed E-state index contributed by atoms with van der Waals surface area (Å²) in [6.07, 6.45) is 0.738. The zero-order chi connectivity index (χ0) is 12.3. The fourth-order valence-corrected chi connectivity index (χ4v) is 1.58. The van der Waals surface area contributed by atoms with Gasteiger partial charge in [-0.05, 0) is 30.3 Å². The number of rotatable bonds is 4. The summed E-state index contributed by atoms with van der Waals surface area (Å²) >= 11 is 5.63. The third-order valence-corrected chi connectivity index (χ3v) is 2.58. The SMILES string of the molecule is OC(CNc1ccc(F)c(Cl)c1)c1ccco1. The van der Waals surface area contributed by atoms with Crippen molar-refractivity contribution < 1.29 is 13.9 Å². The maximum absolute atomic E-state index is 12.9. The minimum atomic E-state index is -0.756. The first-order valence-corrected chi connectivity index (χ1v) is 5.45. The molecule has 0 amide bonds. The first-order valence-electron chi connectivity index (χ1n) is 5.07. The summed E-state index contributed by atoms with van der Waals surface area (Å²) in [5.41, 5.74) is 0.641. The Bertz CT molecular complexity index is 487. The van der Waals surface area contributed by atoms with Gasteiger partial charge in [0.05, 0.1) is 11.3 Å². The number of anilines is 1. The minimum absolute atomic E-state index is 0.0440. The Hall–Kier alpha value is -1.52. The highest BCUT2D eigenvalue weighted by Gasteiger charge is 2.10. The van der Waals surface area contributed by atoms with Crippen LogP contribution in [0.4, 0.5) is 10.1 Å². The summed E-state index contributed by atoms with van der Waals surface area (Å²) in [4.78, 5) is 0. The maximum atomic E-state index is 12.9. The van der Waals surface area contributed by atoms with Crippen molar-refractivity contribution in [1.82, 2.24) is 0 Å². The van der Waals surface area contributed by atoms with Crippen LogP contribution in [0.2, 0.25) is 5.02 Å². The Kier molecular flexibility index (Phi) is 3.66. The van der Waals surface area contributed by atoms with Gasteiger partial charge in [0.1, 0.15) is 17.7 Å². The summed E-state index contributed by atoms with van der Waals surface area (Å²) in [6.45, 7) is 0.259. The van der Waals surface area contributed by atoms with E-state index in [0.717, 1.165) is 0 Å². The molecule has 0 saturated heterocycles. The third-order valence-electron chi connectivity index (χ3n) is 2.29. The highest BCUT2D eigenvalue weighted by molar-refractivity contribution is 6.31. The van der Waals surface area contributed by atoms with E-state index in [9.17, 15) is 9.50 Å². The summed E-state index contributed by atoms with van der Waals surface area (Å²) in [6, 6.07) is 7.67. The molecule has 1 unspecified atom stereocenters. The van der Waals surface area contributed by atoms with Crippen molar-refractivity contribution in [1.29, 1.82) is 0 Å². The number of hydrogen-bond donors (Lipinski definition) is 2. The van der Waals surface area contributed by atoms with Gasteiger partial charge in [-0.2, -0.15) is 0 Å². The maximum Gasteiger partial charge on any atom is 0.141 e. The molecule has 2 rings (SSSR count).